The zero-order valence-electron chi connectivity index (χ0n) is 14.0. The van der Waals surface area contributed by atoms with Crippen molar-refractivity contribution in [2.24, 2.45) is 5.92 Å². The van der Waals surface area contributed by atoms with E-state index in [2.05, 4.69) is 9.28 Å². The van der Waals surface area contributed by atoms with Gasteiger partial charge in [-0.15, -0.1) is 0 Å². The van der Waals surface area contributed by atoms with Gasteiger partial charge in [0.1, 0.15) is 0 Å². The molecule has 136 valence electrons. The van der Waals surface area contributed by atoms with E-state index < -0.39 is 33.9 Å². The lowest BCUT2D eigenvalue weighted by atomic mass is 10.1. The van der Waals surface area contributed by atoms with Crippen LogP contribution in [-0.2, 0) is 27.5 Å². The van der Waals surface area contributed by atoms with Gasteiger partial charge in [-0.25, -0.2) is 13.5 Å². The minimum absolute atomic E-state index is 0.0563. The second-order valence-corrected chi connectivity index (χ2v) is 7.68. The van der Waals surface area contributed by atoms with Crippen molar-refractivity contribution in [1.29, 1.82) is 0 Å². The molecule has 0 bridgehead atoms. The summed E-state index contributed by atoms with van der Waals surface area (Å²) in [6.45, 7) is 3.58. The van der Waals surface area contributed by atoms with Gasteiger partial charge in [-0.1, -0.05) is 13.8 Å². The van der Waals surface area contributed by atoms with Crippen LogP contribution in [0, 0.1) is 17.6 Å². The Hall–Kier alpha value is -2.13. The third-order valence-electron chi connectivity index (χ3n) is 3.23. The predicted octanol–water partition coefficient (Wildman–Crippen LogP) is 2.32. The quantitative estimate of drug-likeness (QED) is 0.727. The van der Waals surface area contributed by atoms with Crippen molar-refractivity contribution in [3.05, 3.63) is 51.8 Å². The van der Waals surface area contributed by atoms with Gasteiger partial charge in [-0.05, 0) is 30.2 Å². The third-order valence-corrected chi connectivity index (χ3v) is 3.78. The lowest BCUT2D eigenvalue weighted by Crippen LogP contribution is -2.29. The van der Waals surface area contributed by atoms with E-state index in [1.165, 1.54) is 16.8 Å². The molecule has 9 heteroatoms. The van der Waals surface area contributed by atoms with Crippen LogP contribution in [0.4, 0.5) is 8.78 Å². The van der Waals surface area contributed by atoms with Crippen molar-refractivity contribution in [2.75, 3.05) is 6.26 Å². The van der Waals surface area contributed by atoms with Crippen LogP contribution >= 0.6 is 0 Å². The molecule has 0 saturated heterocycles. The van der Waals surface area contributed by atoms with Crippen LogP contribution in [0.15, 0.2) is 29.1 Å². The molecular formula is C16H18F2N2O4S. The fourth-order valence-electron chi connectivity index (χ4n) is 2.14. The molecule has 25 heavy (non-hydrogen) atoms. The van der Waals surface area contributed by atoms with E-state index in [0.717, 1.165) is 18.4 Å². The van der Waals surface area contributed by atoms with Crippen molar-refractivity contribution in [2.45, 2.75) is 27.0 Å². The Kier molecular flexibility index (Phi) is 5.69. The molecule has 6 nitrogen and oxygen atoms in total. The summed E-state index contributed by atoms with van der Waals surface area (Å²) in [6, 6.07) is 4.56. The van der Waals surface area contributed by atoms with Crippen LogP contribution in [-0.4, -0.2) is 24.5 Å². The van der Waals surface area contributed by atoms with Crippen LogP contribution in [0.25, 0.3) is 11.3 Å². The van der Waals surface area contributed by atoms with E-state index >= 15 is 0 Å². The Morgan fingerprint density at radius 3 is 2.44 bits per heavy atom. The molecule has 0 aliphatic rings. The lowest BCUT2D eigenvalue weighted by Gasteiger charge is -2.12. The first-order chi connectivity index (χ1) is 11.6. The Labute approximate surface area is 144 Å². The summed E-state index contributed by atoms with van der Waals surface area (Å²) in [7, 11) is -3.74. The minimum Gasteiger partial charge on any atom is -0.267 e. The van der Waals surface area contributed by atoms with Crippen molar-refractivity contribution < 1.29 is 21.4 Å². The monoisotopic (exact) mass is 372 g/mol. The van der Waals surface area contributed by atoms with Crippen LogP contribution in [0.5, 0.6) is 0 Å². The highest BCUT2D eigenvalue weighted by molar-refractivity contribution is 7.85. The third kappa shape index (κ3) is 5.17. The summed E-state index contributed by atoms with van der Waals surface area (Å²) < 4.78 is 54.8. The van der Waals surface area contributed by atoms with Crippen molar-refractivity contribution in [1.82, 2.24) is 9.78 Å². The average molecular weight is 372 g/mol. The second-order valence-electron chi connectivity index (χ2n) is 6.03. The molecule has 0 fully saturated rings. The summed E-state index contributed by atoms with van der Waals surface area (Å²) in [4.78, 5) is 12.4. The number of aromatic nitrogens is 2. The summed E-state index contributed by atoms with van der Waals surface area (Å²) in [5, 5.41) is 4.17. The van der Waals surface area contributed by atoms with Crippen LogP contribution < -0.4 is 5.56 Å². The molecule has 1 aromatic heterocycles. The van der Waals surface area contributed by atoms with Crippen molar-refractivity contribution in [3.8, 4) is 11.3 Å². The molecule has 0 N–H and O–H groups in total. The molecule has 1 heterocycles. The standard InChI is InChI=1S/C16H18F2N2O4S/c1-10(2)8-20-16(21)12(9-24-25(3,22)23)7-15(19-20)11-4-5-13(17)14(18)6-11/h4-7,10H,8-9H2,1-3H3. The molecule has 0 aliphatic heterocycles. The van der Waals surface area contributed by atoms with Crippen LogP contribution in [0.1, 0.15) is 19.4 Å². The van der Waals surface area contributed by atoms with Gasteiger partial charge < -0.3 is 0 Å². The zero-order valence-corrected chi connectivity index (χ0v) is 14.8. The highest BCUT2D eigenvalue weighted by Gasteiger charge is 2.14. The summed E-state index contributed by atoms with van der Waals surface area (Å²) in [5.41, 5.74) is 0.0350. The van der Waals surface area contributed by atoms with Gasteiger partial charge in [0, 0.05) is 17.7 Å². The van der Waals surface area contributed by atoms with Gasteiger partial charge in [-0.2, -0.15) is 13.5 Å². The highest BCUT2D eigenvalue weighted by Crippen LogP contribution is 2.20. The first kappa shape index (κ1) is 19.2. The normalized spacial score (nSPS) is 11.9. The number of hydrogen-bond donors (Lipinski definition) is 0. The van der Waals surface area contributed by atoms with Gasteiger partial charge in [-0.3, -0.25) is 8.98 Å². The molecule has 0 atom stereocenters. The molecule has 2 rings (SSSR count). The van der Waals surface area contributed by atoms with E-state index in [4.69, 9.17) is 0 Å². The van der Waals surface area contributed by atoms with E-state index in [1.54, 1.807) is 0 Å². The minimum atomic E-state index is -3.74. The maximum atomic E-state index is 13.5. The van der Waals surface area contributed by atoms with Gasteiger partial charge >= 0.3 is 0 Å². The van der Waals surface area contributed by atoms with E-state index in [9.17, 15) is 22.0 Å². The number of hydrogen-bond acceptors (Lipinski definition) is 5. The maximum Gasteiger partial charge on any atom is 0.272 e. The molecule has 0 aliphatic carbocycles. The number of benzene rings is 1. The van der Waals surface area contributed by atoms with Crippen LogP contribution in [0.3, 0.4) is 0 Å². The largest absolute Gasteiger partial charge is 0.272 e. The Morgan fingerprint density at radius 1 is 1.20 bits per heavy atom. The summed E-state index contributed by atoms with van der Waals surface area (Å²) in [5.74, 6) is -1.95. The van der Waals surface area contributed by atoms with Crippen LogP contribution in [0.2, 0.25) is 0 Å². The van der Waals surface area contributed by atoms with Gasteiger partial charge in [0.2, 0.25) is 0 Å². The summed E-state index contributed by atoms with van der Waals surface area (Å²) in [6.07, 6.45) is 0.872. The molecule has 0 unspecified atom stereocenters. The average Bonchev–Trinajstić information content (AvgIpc) is 2.49. The molecule has 0 radical (unpaired) electrons. The zero-order chi connectivity index (χ0) is 18.8. The first-order valence-electron chi connectivity index (χ1n) is 7.47. The molecule has 2 aromatic rings. The molecular weight excluding hydrogens is 354 g/mol. The Morgan fingerprint density at radius 2 is 1.88 bits per heavy atom. The first-order valence-corrected chi connectivity index (χ1v) is 9.29. The number of nitrogens with zero attached hydrogens (tertiary/aromatic N) is 2. The smallest absolute Gasteiger partial charge is 0.267 e. The maximum absolute atomic E-state index is 13.5. The highest BCUT2D eigenvalue weighted by atomic mass is 32.2. The van der Waals surface area contributed by atoms with Gasteiger partial charge in [0.25, 0.3) is 15.7 Å². The SMILES string of the molecule is CC(C)Cn1nc(-c2ccc(F)c(F)c2)cc(COS(C)(=O)=O)c1=O. The van der Waals surface area contributed by atoms with Crippen molar-refractivity contribution in [3.63, 3.8) is 0 Å². The van der Waals surface area contributed by atoms with E-state index in [1.807, 2.05) is 13.8 Å². The lowest BCUT2D eigenvalue weighted by molar-refractivity contribution is 0.307. The molecule has 0 amide bonds. The molecule has 0 saturated carbocycles. The fraction of sp³-hybridized carbons (Fsp3) is 0.375. The fourth-order valence-corrected chi connectivity index (χ4v) is 2.48. The predicted molar refractivity (Wildman–Crippen MR) is 88.3 cm³/mol. The van der Waals surface area contributed by atoms with Crippen molar-refractivity contribution >= 4 is 10.1 Å². The number of halogens is 2. The Balaban J connectivity index is 2.55. The number of rotatable bonds is 6. The summed E-state index contributed by atoms with van der Waals surface area (Å²) >= 11 is 0. The Bertz CT molecular complexity index is 940. The van der Waals surface area contributed by atoms with Gasteiger partial charge in [0.15, 0.2) is 11.6 Å². The molecule has 0 spiro atoms. The van der Waals surface area contributed by atoms with Gasteiger partial charge in [0.05, 0.1) is 18.6 Å². The second kappa shape index (κ2) is 7.40. The molecule has 1 aromatic carbocycles. The van der Waals surface area contributed by atoms with E-state index in [0.29, 0.717) is 0 Å². The topological polar surface area (TPSA) is 78.3 Å². The van der Waals surface area contributed by atoms with E-state index in [-0.39, 0.29) is 29.3 Å².